The molecule has 1 amide bonds. The van der Waals surface area contributed by atoms with Crippen molar-refractivity contribution in [3.63, 3.8) is 0 Å². The van der Waals surface area contributed by atoms with E-state index >= 15 is 0 Å². The largest absolute Gasteiger partial charge is 0.336 e. The van der Waals surface area contributed by atoms with Gasteiger partial charge in [-0.2, -0.15) is 0 Å². The number of carbonyl (C=O) groups excluding carboxylic acids is 1. The van der Waals surface area contributed by atoms with Crippen molar-refractivity contribution in [2.75, 3.05) is 13.1 Å². The number of nitrogens with zero attached hydrogens (tertiary/aromatic N) is 2. The summed E-state index contributed by atoms with van der Waals surface area (Å²) in [5.74, 6) is 0.868. The molecule has 4 heterocycles. The summed E-state index contributed by atoms with van der Waals surface area (Å²) in [5.41, 5.74) is 2.35. The van der Waals surface area contributed by atoms with Crippen LogP contribution in [-0.2, 0) is 11.3 Å². The van der Waals surface area contributed by atoms with Gasteiger partial charge in [-0.3, -0.25) is 9.69 Å². The zero-order chi connectivity index (χ0) is 17.9. The van der Waals surface area contributed by atoms with Crippen LogP contribution in [0.4, 0.5) is 0 Å². The van der Waals surface area contributed by atoms with Crippen LogP contribution >= 0.6 is 11.3 Å². The molecule has 3 saturated heterocycles. The number of hydrogen-bond donors (Lipinski definition) is 0. The molecule has 3 aliphatic rings. The Morgan fingerprint density at radius 1 is 1.19 bits per heavy atom. The number of hydrogen-bond acceptors (Lipinski definition) is 3. The monoisotopic (exact) mass is 366 g/mol. The van der Waals surface area contributed by atoms with Gasteiger partial charge < -0.3 is 4.90 Å². The molecule has 1 aromatic heterocycles. The molecule has 3 nitrogen and oxygen atoms in total. The maximum absolute atomic E-state index is 13.6. The average molecular weight is 367 g/mol. The van der Waals surface area contributed by atoms with Crippen molar-refractivity contribution in [2.45, 2.75) is 51.2 Å². The standard InChI is InChI=1S/C22H26N2OS/c1-15-6-3-4-7-17(15)13-23-14-18-12-19(20-9-8-16(2)26-20)24-11-5-10-22(18,24)21(23)25/h3-4,6-9,18-19H,5,10-14H2,1-2H3/t18-,19-,22-/m0/s1. The van der Waals surface area contributed by atoms with Gasteiger partial charge in [-0.1, -0.05) is 24.3 Å². The summed E-state index contributed by atoms with van der Waals surface area (Å²) in [6, 6.07) is 13.4. The van der Waals surface area contributed by atoms with Crippen LogP contribution in [0.25, 0.3) is 0 Å². The van der Waals surface area contributed by atoms with E-state index in [1.807, 2.05) is 11.3 Å². The third-order valence-electron chi connectivity index (χ3n) is 6.84. The van der Waals surface area contributed by atoms with Gasteiger partial charge in [0.1, 0.15) is 5.54 Å². The highest BCUT2D eigenvalue weighted by atomic mass is 32.1. The second kappa shape index (κ2) is 5.93. The third-order valence-corrected chi connectivity index (χ3v) is 7.94. The molecule has 2 aromatic rings. The quantitative estimate of drug-likeness (QED) is 0.808. The second-order valence-corrected chi connectivity index (χ2v) is 9.55. The topological polar surface area (TPSA) is 23.6 Å². The zero-order valence-electron chi connectivity index (χ0n) is 15.6. The van der Waals surface area contributed by atoms with Crippen molar-refractivity contribution in [3.8, 4) is 0 Å². The first kappa shape index (κ1) is 16.5. The Labute approximate surface area is 159 Å². The minimum Gasteiger partial charge on any atom is -0.336 e. The number of thiophene rings is 1. The molecule has 1 spiro atoms. The van der Waals surface area contributed by atoms with E-state index in [0.29, 0.717) is 17.9 Å². The van der Waals surface area contributed by atoms with Crippen molar-refractivity contribution in [1.82, 2.24) is 9.80 Å². The molecule has 26 heavy (non-hydrogen) atoms. The van der Waals surface area contributed by atoms with Crippen LogP contribution in [0.3, 0.4) is 0 Å². The number of benzene rings is 1. The van der Waals surface area contributed by atoms with E-state index in [0.717, 1.165) is 38.9 Å². The molecule has 3 atom stereocenters. The van der Waals surface area contributed by atoms with Crippen LogP contribution in [0.1, 0.15) is 46.2 Å². The Hall–Kier alpha value is -1.65. The summed E-state index contributed by atoms with van der Waals surface area (Å²) in [5, 5.41) is 0. The van der Waals surface area contributed by atoms with E-state index < -0.39 is 0 Å². The van der Waals surface area contributed by atoms with Gasteiger partial charge in [0.2, 0.25) is 5.91 Å². The van der Waals surface area contributed by atoms with E-state index in [-0.39, 0.29) is 5.54 Å². The fraction of sp³-hybridized carbons (Fsp3) is 0.500. The minimum atomic E-state index is -0.217. The molecule has 0 radical (unpaired) electrons. The summed E-state index contributed by atoms with van der Waals surface area (Å²) in [6.07, 6.45) is 3.33. The van der Waals surface area contributed by atoms with Gasteiger partial charge in [0, 0.05) is 34.8 Å². The Kier molecular flexibility index (Phi) is 3.77. The Bertz CT molecular complexity index is 859. The van der Waals surface area contributed by atoms with Crippen LogP contribution in [0.2, 0.25) is 0 Å². The Morgan fingerprint density at radius 2 is 2.04 bits per heavy atom. The Balaban J connectivity index is 1.44. The molecule has 0 saturated carbocycles. The highest BCUT2D eigenvalue weighted by Crippen LogP contribution is 2.56. The molecule has 0 aliphatic carbocycles. The first-order chi connectivity index (χ1) is 12.6. The summed E-state index contributed by atoms with van der Waals surface area (Å²) < 4.78 is 0. The number of amides is 1. The predicted molar refractivity (Wildman–Crippen MR) is 105 cm³/mol. The van der Waals surface area contributed by atoms with Gasteiger partial charge in [-0.15, -0.1) is 11.3 Å². The summed E-state index contributed by atoms with van der Waals surface area (Å²) >= 11 is 1.91. The lowest BCUT2D eigenvalue weighted by molar-refractivity contribution is -0.137. The summed E-state index contributed by atoms with van der Waals surface area (Å²) in [7, 11) is 0. The average Bonchev–Trinajstić information content (AvgIpc) is 3.35. The normalized spacial score (nSPS) is 30.8. The minimum absolute atomic E-state index is 0.217. The highest BCUT2D eigenvalue weighted by Gasteiger charge is 2.65. The highest BCUT2D eigenvalue weighted by molar-refractivity contribution is 7.12. The third kappa shape index (κ3) is 2.25. The van der Waals surface area contributed by atoms with Crippen LogP contribution in [0, 0.1) is 19.8 Å². The number of carbonyl (C=O) groups is 1. The number of rotatable bonds is 3. The predicted octanol–water partition coefficient (Wildman–Crippen LogP) is 4.30. The summed E-state index contributed by atoms with van der Waals surface area (Å²) in [4.78, 5) is 21.1. The first-order valence-electron chi connectivity index (χ1n) is 9.76. The fourth-order valence-corrected chi connectivity index (χ4v) is 6.61. The van der Waals surface area contributed by atoms with Gasteiger partial charge in [-0.05, 0) is 62.9 Å². The maximum Gasteiger partial charge on any atom is 0.243 e. The van der Waals surface area contributed by atoms with Crippen molar-refractivity contribution in [1.29, 1.82) is 0 Å². The van der Waals surface area contributed by atoms with E-state index in [1.165, 1.54) is 20.9 Å². The van der Waals surface area contributed by atoms with E-state index in [9.17, 15) is 4.79 Å². The van der Waals surface area contributed by atoms with Crippen LogP contribution in [0.15, 0.2) is 36.4 Å². The Morgan fingerprint density at radius 3 is 2.81 bits per heavy atom. The number of aryl methyl sites for hydroxylation is 2. The molecular formula is C22H26N2OS. The molecule has 1 aromatic carbocycles. The van der Waals surface area contributed by atoms with Crippen LogP contribution in [0.5, 0.6) is 0 Å². The maximum atomic E-state index is 13.6. The van der Waals surface area contributed by atoms with Gasteiger partial charge in [0.05, 0.1) is 0 Å². The SMILES string of the molecule is Cc1ccc([C@@H]2C[C@H]3CN(Cc4ccccc4C)C(=O)[C@]34CCCN24)s1. The van der Waals surface area contributed by atoms with Crippen molar-refractivity contribution >= 4 is 17.2 Å². The molecule has 136 valence electrons. The van der Waals surface area contributed by atoms with Gasteiger partial charge in [0.25, 0.3) is 0 Å². The molecule has 4 heteroatoms. The van der Waals surface area contributed by atoms with Gasteiger partial charge in [0.15, 0.2) is 0 Å². The van der Waals surface area contributed by atoms with Crippen molar-refractivity contribution in [3.05, 3.63) is 57.3 Å². The molecule has 3 fully saturated rings. The van der Waals surface area contributed by atoms with E-state index in [1.54, 1.807) is 0 Å². The zero-order valence-corrected chi connectivity index (χ0v) is 16.4. The molecule has 5 rings (SSSR count). The molecular weight excluding hydrogens is 340 g/mol. The number of likely N-dealkylation sites (tertiary alicyclic amines) is 1. The molecule has 0 N–H and O–H groups in total. The lowest BCUT2D eigenvalue weighted by Gasteiger charge is -2.33. The first-order valence-corrected chi connectivity index (χ1v) is 10.6. The van der Waals surface area contributed by atoms with E-state index in [4.69, 9.17) is 0 Å². The molecule has 3 aliphatic heterocycles. The van der Waals surface area contributed by atoms with E-state index in [2.05, 4.69) is 60.0 Å². The van der Waals surface area contributed by atoms with Crippen LogP contribution < -0.4 is 0 Å². The molecule has 0 unspecified atom stereocenters. The molecule has 0 bridgehead atoms. The second-order valence-electron chi connectivity index (χ2n) is 8.23. The van der Waals surface area contributed by atoms with Gasteiger partial charge >= 0.3 is 0 Å². The van der Waals surface area contributed by atoms with Crippen LogP contribution in [-0.4, -0.2) is 34.3 Å². The van der Waals surface area contributed by atoms with Gasteiger partial charge in [-0.25, -0.2) is 0 Å². The van der Waals surface area contributed by atoms with Crippen molar-refractivity contribution < 1.29 is 4.79 Å². The lowest BCUT2D eigenvalue weighted by Crippen LogP contribution is -2.49. The summed E-state index contributed by atoms with van der Waals surface area (Å²) in [6.45, 7) is 7.08. The lowest BCUT2D eigenvalue weighted by atomic mass is 9.85. The smallest absolute Gasteiger partial charge is 0.243 e. The fourth-order valence-electron chi connectivity index (χ4n) is 5.61. The van der Waals surface area contributed by atoms with Crippen molar-refractivity contribution in [2.24, 2.45) is 5.92 Å².